The van der Waals surface area contributed by atoms with Crippen molar-refractivity contribution in [2.45, 2.75) is 31.5 Å². The number of carbonyl (C=O) groups is 1. The van der Waals surface area contributed by atoms with Crippen LogP contribution < -0.4 is 0 Å². The molecule has 2 bridgehead atoms. The molecule has 0 amide bonds. The fraction of sp³-hybridized carbons (Fsp3) is 0.889. The number of ether oxygens (including phenoxy) is 2. The van der Waals surface area contributed by atoms with Gasteiger partial charge in [0.25, 0.3) is 10.1 Å². The Labute approximate surface area is 93.7 Å². The van der Waals surface area contributed by atoms with Gasteiger partial charge in [-0.2, -0.15) is 8.42 Å². The van der Waals surface area contributed by atoms with E-state index >= 15 is 0 Å². The first-order valence-corrected chi connectivity index (χ1v) is 6.84. The Morgan fingerprint density at radius 2 is 2.19 bits per heavy atom. The summed E-state index contributed by atoms with van der Waals surface area (Å²) in [7, 11) is -4.06. The molecule has 2 aliphatic rings. The lowest BCUT2D eigenvalue weighted by Crippen LogP contribution is -2.28. The van der Waals surface area contributed by atoms with Crippen LogP contribution >= 0.6 is 0 Å². The van der Waals surface area contributed by atoms with Crippen molar-refractivity contribution in [3.05, 3.63) is 0 Å². The van der Waals surface area contributed by atoms with Gasteiger partial charge in [0.1, 0.15) is 12.4 Å². The standard InChI is InChI=1S/C9H14O6S/c10-9(14-3-4-16(11,12)13)7-5-6-1-2-8(7)15-6/h6-8H,1-5H2,(H,11,12,13)/t6?,7-,8?/m1/s1. The third-order valence-electron chi connectivity index (χ3n) is 2.99. The quantitative estimate of drug-likeness (QED) is 0.557. The molecule has 0 radical (unpaired) electrons. The summed E-state index contributed by atoms with van der Waals surface area (Å²) in [6, 6.07) is 0. The van der Waals surface area contributed by atoms with Crippen molar-refractivity contribution in [3.63, 3.8) is 0 Å². The van der Waals surface area contributed by atoms with Gasteiger partial charge in [-0.05, 0) is 19.3 Å². The molecule has 2 rings (SSSR count). The van der Waals surface area contributed by atoms with Gasteiger partial charge in [-0.1, -0.05) is 0 Å². The lowest BCUT2D eigenvalue weighted by atomic mass is 9.89. The molecule has 2 unspecified atom stereocenters. The number of carbonyl (C=O) groups excluding carboxylic acids is 1. The second-order valence-corrected chi connectivity index (χ2v) is 5.74. The zero-order chi connectivity index (χ0) is 11.8. The van der Waals surface area contributed by atoms with E-state index in [0.717, 1.165) is 12.8 Å². The summed E-state index contributed by atoms with van der Waals surface area (Å²) in [6.07, 6.45) is 2.60. The highest BCUT2D eigenvalue weighted by atomic mass is 32.2. The van der Waals surface area contributed by atoms with Crippen molar-refractivity contribution in [1.29, 1.82) is 0 Å². The van der Waals surface area contributed by atoms with Crippen LogP contribution in [0, 0.1) is 5.92 Å². The van der Waals surface area contributed by atoms with Crippen LogP contribution in [-0.4, -0.2) is 43.5 Å². The van der Waals surface area contributed by atoms with E-state index in [-0.39, 0.29) is 24.7 Å². The minimum absolute atomic E-state index is 0.0665. The first-order chi connectivity index (χ1) is 7.46. The van der Waals surface area contributed by atoms with E-state index < -0.39 is 21.8 Å². The van der Waals surface area contributed by atoms with Crippen LogP contribution in [0.25, 0.3) is 0 Å². The molecule has 16 heavy (non-hydrogen) atoms. The van der Waals surface area contributed by atoms with Gasteiger partial charge in [0.05, 0.1) is 18.1 Å². The number of hydrogen-bond donors (Lipinski definition) is 1. The maximum Gasteiger partial charge on any atom is 0.311 e. The van der Waals surface area contributed by atoms with Crippen LogP contribution in [-0.2, 0) is 24.4 Å². The van der Waals surface area contributed by atoms with Crippen molar-refractivity contribution < 1.29 is 27.2 Å². The predicted octanol–water partition coefficient (Wildman–Crippen LogP) is -0.0151. The predicted molar refractivity (Wildman–Crippen MR) is 53.4 cm³/mol. The molecule has 3 atom stereocenters. The fourth-order valence-corrected chi connectivity index (χ4v) is 2.53. The normalized spacial score (nSPS) is 32.9. The smallest absolute Gasteiger partial charge is 0.311 e. The third kappa shape index (κ3) is 2.72. The molecule has 2 saturated heterocycles. The van der Waals surface area contributed by atoms with Gasteiger partial charge in [-0.3, -0.25) is 9.35 Å². The van der Waals surface area contributed by atoms with Crippen LogP contribution in [0.2, 0.25) is 0 Å². The minimum atomic E-state index is -4.06. The number of hydrogen-bond acceptors (Lipinski definition) is 5. The van der Waals surface area contributed by atoms with E-state index in [4.69, 9.17) is 14.0 Å². The largest absolute Gasteiger partial charge is 0.464 e. The molecule has 2 fully saturated rings. The number of fused-ring (bicyclic) bond motifs is 2. The molecule has 2 heterocycles. The highest BCUT2D eigenvalue weighted by Gasteiger charge is 2.45. The van der Waals surface area contributed by atoms with Gasteiger partial charge in [-0.15, -0.1) is 0 Å². The highest BCUT2D eigenvalue weighted by Crippen LogP contribution is 2.39. The Morgan fingerprint density at radius 3 is 2.69 bits per heavy atom. The van der Waals surface area contributed by atoms with Crippen LogP contribution in [0.1, 0.15) is 19.3 Å². The molecule has 2 aliphatic heterocycles. The molecule has 0 aromatic carbocycles. The van der Waals surface area contributed by atoms with Crippen LogP contribution in [0.4, 0.5) is 0 Å². The fourth-order valence-electron chi connectivity index (χ4n) is 2.24. The lowest BCUT2D eigenvalue weighted by Gasteiger charge is -2.16. The topological polar surface area (TPSA) is 89.9 Å². The highest BCUT2D eigenvalue weighted by molar-refractivity contribution is 7.85. The molecule has 7 heteroatoms. The molecular weight excluding hydrogens is 236 g/mol. The average molecular weight is 250 g/mol. The Bertz CT molecular complexity index is 375. The monoisotopic (exact) mass is 250 g/mol. The van der Waals surface area contributed by atoms with Crippen molar-refractivity contribution in [3.8, 4) is 0 Å². The molecule has 0 aromatic rings. The van der Waals surface area contributed by atoms with E-state index in [9.17, 15) is 13.2 Å². The van der Waals surface area contributed by atoms with Gasteiger partial charge in [-0.25, -0.2) is 0 Å². The van der Waals surface area contributed by atoms with Crippen LogP contribution in [0.3, 0.4) is 0 Å². The molecule has 0 spiro atoms. The summed E-state index contributed by atoms with van der Waals surface area (Å²) in [5, 5.41) is 0. The van der Waals surface area contributed by atoms with Crippen molar-refractivity contribution in [2.75, 3.05) is 12.4 Å². The molecule has 0 aliphatic carbocycles. The van der Waals surface area contributed by atoms with Gasteiger partial charge < -0.3 is 9.47 Å². The SMILES string of the molecule is O=C(OCCS(=O)(=O)O)[C@@H]1CC2CCC1O2. The van der Waals surface area contributed by atoms with Crippen molar-refractivity contribution >= 4 is 16.1 Å². The zero-order valence-electron chi connectivity index (χ0n) is 8.66. The summed E-state index contributed by atoms with van der Waals surface area (Å²) < 4.78 is 39.5. The minimum Gasteiger partial charge on any atom is -0.464 e. The molecule has 0 aromatic heterocycles. The Balaban J connectivity index is 1.77. The summed E-state index contributed by atoms with van der Waals surface area (Å²) in [6.45, 7) is -0.300. The Hall–Kier alpha value is -0.660. The molecule has 0 saturated carbocycles. The van der Waals surface area contributed by atoms with Gasteiger partial charge in [0.2, 0.25) is 0 Å². The second-order valence-electron chi connectivity index (χ2n) is 4.17. The second kappa shape index (κ2) is 4.31. The molecule has 6 nitrogen and oxygen atoms in total. The Kier molecular flexibility index (Phi) is 3.18. The first-order valence-electron chi connectivity index (χ1n) is 5.23. The molecule has 92 valence electrons. The zero-order valence-corrected chi connectivity index (χ0v) is 9.48. The summed E-state index contributed by atoms with van der Waals surface area (Å²) in [5.74, 6) is -1.24. The molecular formula is C9H14O6S. The van der Waals surface area contributed by atoms with E-state index in [1.165, 1.54) is 0 Å². The summed E-state index contributed by atoms with van der Waals surface area (Å²) in [4.78, 5) is 11.5. The maximum absolute atomic E-state index is 11.5. The average Bonchev–Trinajstić information content (AvgIpc) is 2.76. The number of rotatable bonds is 4. The third-order valence-corrected chi connectivity index (χ3v) is 3.68. The maximum atomic E-state index is 11.5. The molecule has 1 N–H and O–H groups in total. The Morgan fingerprint density at radius 1 is 1.44 bits per heavy atom. The van der Waals surface area contributed by atoms with E-state index in [1.807, 2.05) is 0 Å². The first kappa shape index (κ1) is 11.8. The van der Waals surface area contributed by atoms with Crippen LogP contribution in [0.5, 0.6) is 0 Å². The lowest BCUT2D eigenvalue weighted by molar-refractivity contribution is -0.149. The van der Waals surface area contributed by atoms with E-state index in [2.05, 4.69) is 0 Å². The van der Waals surface area contributed by atoms with Gasteiger partial charge in [0, 0.05) is 0 Å². The van der Waals surface area contributed by atoms with Crippen molar-refractivity contribution in [1.82, 2.24) is 0 Å². The summed E-state index contributed by atoms with van der Waals surface area (Å²) in [5.41, 5.74) is 0. The van der Waals surface area contributed by atoms with Gasteiger partial charge >= 0.3 is 5.97 Å². The van der Waals surface area contributed by atoms with E-state index in [1.54, 1.807) is 0 Å². The van der Waals surface area contributed by atoms with Gasteiger partial charge in [0.15, 0.2) is 0 Å². The van der Waals surface area contributed by atoms with Crippen LogP contribution in [0.15, 0.2) is 0 Å². The number of esters is 1. The summed E-state index contributed by atoms with van der Waals surface area (Å²) >= 11 is 0. The van der Waals surface area contributed by atoms with Crippen molar-refractivity contribution in [2.24, 2.45) is 5.92 Å². The van der Waals surface area contributed by atoms with E-state index in [0.29, 0.717) is 6.42 Å².